The third-order valence-electron chi connectivity index (χ3n) is 2.97. The molecule has 0 radical (unpaired) electrons. The van der Waals surface area contributed by atoms with Crippen LogP contribution in [0.1, 0.15) is 12.8 Å². The maximum Gasteiger partial charge on any atom is 0.304 e. The first-order chi connectivity index (χ1) is 9.40. The van der Waals surface area contributed by atoms with Crippen LogP contribution in [-0.4, -0.2) is 32.6 Å². The second-order valence-electron chi connectivity index (χ2n) is 4.38. The van der Waals surface area contributed by atoms with Gasteiger partial charge in [-0.15, -0.1) is 0 Å². The molecule has 9 heteroatoms. The molecule has 0 unspecified atom stereocenters. The predicted molar refractivity (Wildman–Crippen MR) is 67.2 cm³/mol. The number of nitrogens with one attached hydrogen (secondary N) is 1. The molecule has 1 aliphatic rings. The molecule has 1 fully saturated rings. The Balaban J connectivity index is 2.20. The van der Waals surface area contributed by atoms with Gasteiger partial charge in [-0.3, -0.25) is 10.1 Å². The largest absolute Gasteiger partial charge is 0.381 e. The van der Waals surface area contributed by atoms with Gasteiger partial charge in [0, 0.05) is 31.4 Å². The molecule has 0 atom stereocenters. The van der Waals surface area contributed by atoms with Crippen molar-refractivity contribution >= 4 is 15.7 Å². The number of nitrogens with zero attached hydrogens (tertiary/aromatic N) is 1. The van der Waals surface area contributed by atoms with Gasteiger partial charge in [-0.25, -0.2) is 13.1 Å². The maximum atomic E-state index is 13.5. The van der Waals surface area contributed by atoms with Crippen molar-refractivity contribution < 1.29 is 22.5 Å². The third-order valence-corrected chi connectivity index (χ3v) is 4.49. The van der Waals surface area contributed by atoms with Gasteiger partial charge in [0.2, 0.25) is 15.8 Å². The van der Waals surface area contributed by atoms with Crippen LogP contribution in [0.15, 0.2) is 23.1 Å². The van der Waals surface area contributed by atoms with Crippen molar-refractivity contribution in [2.24, 2.45) is 0 Å². The van der Waals surface area contributed by atoms with Gasteiger partial charge in [0.25, 0.3) is 0 Å². The standard InChI is InChI=1S/C11H13FN2O5S/c12-10-7-9(1-2-11(10)14(15)16)20(17,18)13-8-3-5-19-6-4-8/h1-2,7-8,13H,3-6H2. The zero-order valence-corrected chi connectivity index (χ0v) is 11.2. The van der Waals surface area contributed by atoms with Crippen LogP contribution in [0.2, 0.25) is 0 Å². The molecule has 110 valence electrons. The van der Waals surface area contributed by atoms with E-state index in [0.29, 0.717) is 32.1 Å². The van der Waals surface area contributed by atoms with Crippen LogP contribution >= 0.6 is 0 Å². The molecule has 0 aromatic heterocycles. The van der Waals surface area contributed by atoms with Crippen LogP contribution in [-0.2, 0) is 14.8 Å². The molecule has 1 N–H and O–H groups in total. The molecule has 0 amide bonds. The molecular weight excluding hydrogens is 291 g/mol. The number of hydrogen-bond acceptors (Lipinski definition) is 5. The average Bonchev–Trinajstić information content (AvgIpc) is 2.38. The normalized spacial score (nSPS) is 17.1. The predicted octanol–water partition coefficient (Wildman–Crippen LogP) is 1.19. The molecule has 1 aromatic carbocycles. The van der Waals surface area contributed by atoms with Crippen LogP contribution in [0.3, 0.4) is 0 Å². The molecule has 20 heavy (non-hydrogen) atoms. The highest BCUT2D eigenvalue weighted by Crippen LogP contribution is 2.21. The zero-order chi connectivity index (χ0) is 14.8. The van der Waals surface area contributed by atoms with E-state index in [1.165, 1.54) is 0 Å². The lowest BCUT2D eigenvalue weighted by molar-refractivity contribution is -0.387. The number of hydrogen-bond donors (Lipinski definition) is 1. The summed E-state index contributed by atoms with van der Waals surface area (Å²) in [4.78, 5) is 9.25. The Morgan fingerprint density at radius 1 is 1.35 bits per heavy atom. The molecule has 1 aromatic rings. The third kappa shape index (κ3) is 3.30. The highest BCUT2D eigenvalue weighted by Gasteiger charge is 2.24. The Bertz CT molecular complexity index is 613. The SMILES string of the molecule is O=[N+]([O-])c1ccc(S(=O)(=O)NC2CCOCC2)cc1F. The number of ether oxygens (including phenoxy) is 1. The van der Waals surface area contributed by atoms with Crippen molar-refractivity contribution in [1.82, 2.24) is 4.72 Å². The summed E-state index contributed by atoms with van der Waals surface area (Å²) in [5.41, 5.74) is -0.755. The van der Waals surface area contributed by atoms with Gasteiger partial charge in [-0.1, -0.05) is 0 Å². The summed E-state index contributed by atoms with van der Waals surface area (Å²) in [6.07, 6.45) is 1.07. The van der Waals surface area contributed by atoms with Crippen molar-refractivity contribution in [1.29, 1.82) is 0 Å². The van der Waals surface area contributed by atoms with E-state index < -0.39 is 26.5 Å². The fourth-order valence-corrected chi connectivity index (χ4v) is 3.22. The summed E-state index contributed by atoms with van der Waals surface area (Å²) in [7, 11) is -3.89. The fraction of sp³-hybridized carbons (Fsp3) is 0.455. The highest BCUT2D eigenvalue weighted by molar-refractivity contribution is 7.89. The van der Waals surface area contributed by atoms with E-state index in [4.69, 9.17) is 4.74 Å². The van der Waals surface area contributed by atoms with Crippen LogP contribution in [0.4, 0.5) is 10.1 Å². The molecular formula is C11H13FN2O5S. The van der Waals surface area contributed by atoms with Crippen molar-refractivity contribution in [2.75, 3.05) is 13.2 Å². The molecule has 2 rings (SSSR count). The van der Waals surface area contributed by atoms with Crippen LogP contribution < -0.4 is 4.72 Å². The molecule has 1 aliphatic heterocycles. The molecule has 1 heterocycles. The topological polar surface area (TPSA) is 98.5 Å². The van der Waals surface area contributed by atoms with E-state index in [9.17, 15) is 22.9 Å². The van der Waals surface area contributed by atoms with Crippen molar-refractivity contribution in [3.05, 3.63) is 34.1 Å². The number of halogens is 1. The van der Waals surface area contributed by atoms with Gasteiger partial charge >= 0.3 is 5.69 Å². The maximum absolute atomic E-state index is 13.5. The minimum absolute atomic E-state index is 0.271. The quantitative estimate of drug-likeness (QED) is 0.665. The van der Waals surface area contributed by atoms with Gasteiger partial charge in [0.1, 0.15) is 0 Å². The second kappa shape index (κ2) is 5.81. The number of nitro benzene ring substituents is 1. The molecule has 0 bridgehead atoms. The van der Waals surface area contributed by atoms with Gasteiger partial charge in [0.15, 0.2) is 0 Å². The number of nitro groups is 1. The first-order valence-corrected chi connectivity index (χ1v) is 7.42. The minimum Gasteiger partial charge on any atom is -0.381 e. The van der Waals surface area contributed by atoms with E-state index in [1.54, 1.807) is 0 Å². The number of sulfonamides is 1. The highest BCUT2D eigenvalue weighted by atomic mass is 32.2. The molecule has 1 saturated heterocycles. The lowest BCUT2D eigenvalue weighted by Gasteiger charge is -2.22. The Morgan fingerprint density at radius 3 is 2.55 bits per heavy atom. The zero-order valence-electron chi connectivity index (χ0n) is 10.4. The van der Waals surface area contributed by atoms with Gasteiger partial charge in [-0.05, 0) is 18.9 Å². The Hall–Kier alpha value is -1.58. The summed E-state index contributed by atoms with van der Waals surface area (Å²) >= 11 is 0. The molecule has 0 spiro atoms. The van der Waals surface area contributed by atoms with Crippen LogP contribution in [0.25, 0.3) is 0 Å². The van der Waals surface area contributed by atoms with E-state index in [0.717, 1.165) is 12.1 Å². The Labute approximate surface area is 114 Å². The van der Waals surface area contributed by atoms with E-state index >= 15 is 0 Å². The van der Waals surface area contributed by atoms with E-state index in [-0.39, 0.29) is 10.9 Å². The second-order valence-corrected chi connectivity index (χ2v) is 6.09. The van der Waals surface area contributed by atoms with Crippen molar-refractivity contribution in [3.63, 3.8) is 0 Å². The number of benzene rings is 1. The van der Waals surface area contributed by atoms with Crippen molar-refractivity contribution in [2.45, 2.75) is 23.8 Å². The van der Waals surface area contributed by atoms with Crippen LogP contribution in [0.5, 0.6) is 0 Å². The lowest BCUT2D eigenvalue weighted by Crippen LogP contribution is -2.38. The van der Waals surface area contributed by atoms with Crippen LogP contribution in [0, 0.1) is 15.9 Å². The average molecular weight is 304 g/mol. The monoisotopic (exact) mass is 304 g/mol. The summed E-state index contributed by atoms with van der Waals surface area (Å²) < 4.78 is 45.1. The van der Waals surface area contributed by atoms with E-state index in [2.05, 4.69) is 4.72 Å². The first-order valence-electron chi connectivity index (χ1n) is 5.94. The molecule has 0 aliphatic carbocycles. The fourth-order valence-electron chi connectivity index (χ4n) is 1.91. The molecule has 7 nitrogen and oxygen atoms in total. The summed E-state index contributed by atoms with van der Waals surface area (Å²) in [5.74, 6) is -1.18. The number of rotatable bonds is 4. The summed E-state index contributed by atoms with van der Waals surface area (Å²) in [5, 5.41) is 10.5. The summed E-state index contributed by atoms with van der Waals surface area (Å²) in [6.45, 7) is 0.920. The van der Waals surface area contributed by atoms with E-state index in [1.807, 2.05) is 0 Å². The van der Waals surface area contributed by atoms with Crippen molar-refractivity contribution in [3.8, 4) is 0 Å². The summed E-state index contributed by atoms with van der Waals surface area (Å²) in [6, 6.07) is 2.24. The molecule has 0 saturated carbocycles. The lowest BCUT2D eigenvalue weighted by atomic mass is 10.1. The van der Waals surface area contributed by atoms with Gasteiger partial charge in [0.05, 0.1) is 9.82 Å². The smallest absolute Gasteiger partial charge is 0.304 e. The van der Waals surface area contributed by atoms with Gasteiger partial charge in [-0.2, -0.15) is 4.39 Å². The van der Waals surface area contributed by atoms with Gasteiger partial charge < -0.3 is 4.74 Å². The Morgan fingerprint density at radius 2 is 2.00 bits per heavy atom. The first kappa shape index (κ1) is 14.8. The minimum atomic E-state index is -3.89. The Kier molecular flexibility index (Phi) is 4.31.